The van der Waals surface area contributed by atoms with Crippen molar-refractivity contribution in [3.8, 4) is 5.75 Å². The molecule has 0 aromatic heterocycles. The Morgan fingerprint density at radius 1 is 0.700 bits per heavy atom. The van der Waals surface area contributed by atoms with Crippen molar-refractivity contribution in [2.24, 2.45) is 0 Å². The Labute approximate surface area is 239 Å². The molecule has 0 unspecified atom stereocenters. The van der Waals surface area contributed by atoms with Gasteiger partial charge in [0.15, 0.2) is 6.61 Å². The fourth-order valence-corrected chi connectivity index (χ4v) is 3.36. The van der Waals surface area contributed by atoms with E-state index in [0.717, 1.165) is 17.5 Å². The molecule has 0 aliphatic rings. The van der Waals surface area contributed by atoms with Crippen LogP contribution < -0.4 is 20.5 Å². The van der Waals surface area contributed by atoms with Crippen LogP contribution in [-0.4, -0.2) is 34.2 Å². The van der Waals surface area contributed by atoms with Gasteiger partial charge in [-0.3, -0.25) is 9.52 Å². The minimum absolute atomic E-state index is 0.0690. The van der Waals surface area contributed by atoms with Crippen molar-refractivity contribution in [3.05, 3.63) is 125 Å². The summed E-state index contributed by atoms with van der Waals surface area (Å²) in [7, 11) is -1.56. The second-order valence-electron chi connectivity index (χ2n) is 9.08. The van der Waals surface area contributed by atoms with Crippen LogP contribution in [0.1, 0.15) is 22.3 Å². The number of anilines is 2. The minimum Gasteiger partial charge on any atom is -0.484 e. The number of carbonyl (C=O) groups excluding carboxylic acids is 1. The van der Waals surface area contributed by atoms with Gasteiger partial charge in [-0.25, -0.2) is 8.42 Å². The zero-order valence-corrected chi connectivity index (χ0v) is 25.0. The second kappa shape index (κ2) is 18.1. The third-order valence-electron chi connectivity index (χ3n) is 5.04. The minimum atomic E-state index is -3.14. The number of hydrogen-bond donors (Lipinski definition) is 3. The van der Waals surface area contributed by atoms with Crippen molar-refractivity contribution in [1.29, 1.82) is 0 Å². The van der Waals surface area contributed by atoms with Crippen LogP contribution in [0.25, 0.3) is 0 Å². The first-order valence-corrected chi connectivity index (χ1v) is 14.6. The van der Waals surface area contributed by atoms with Crippen LogP contribution in [0, 0.1) is 27.7 Å². The number of nitrogens with one attached hydrogen (secondary N) is 2. The number of benzene rings is 4. The van der Waals surface area contributed by atoms with E-state index in [1.165, 1.54) is 16.7 Å². The molecule has 4 rings (SSSR count). The standard InChI is InChI=1S/C10H13NO2.C8H11NO2S.C7H9N.C7H8/c1-8-3-5-9(6-4-8)13-7-10(12)11-2;1-7-3-5-8(6-4-7)9-12(2,10)11;1-6-2-4-7(8)5-3-6;1-7-5-3-2-4-6-7/h3-6H,7H2,1-2H3,(H,11,12);3-6,9H,1-2H3;2-5H,8H2,1H3;2-6H,1H3. The molecule has 214 valence electrons. The molecule has 40 heavy (non-hydrogen) atoms. The zero-order valence-electron chi connectivity index (χ0n) is 24.1. The van der Waals surface area contributed by atoms with Crippen molar-refractivity contribution in [3.63, 3.8) is 0 Å². The molecule has 0 bridgehead atoms. The van der Waals surface area contributed by atoms with E-state index in [1.807, 2.05) is 99.6 Å². The van der Waals surface area contributed by atoms with Gasteiger partial charge in [-0.05, 0) is 64.1 Å². The van der Waals surface area contributed by atoms with E-state index < -0.39 is 10.0 Å². The number of carbonyl (C=O) groups is 1. The summed E-state index contributed by atoms with van der Waals surface area (Å²) < 4.78 is 29.1. The number of rotatable bonds is 5. The lowest BCUT2D eigenvalue weighted by Crippen LogP contribution is -2.24. The molecule has 4 aromatic carbocycles. The third-order valence-corrected chi connectivity index (χ3v) is 5.65. The lowest BCUT2D eigenvalue weighted by atomic mass is 10.2. The van der Waals surface area contributed by atoms with Crippen molar-refractivity contribution < 1.29 is 17.9 Å². The second-order valence-corrected chi connectivity index (χ2v) is 10.8. The maximum atomic E-state index is 10.8. The quantitative estimate of drug-likeness (QED) is 0.256. The van der Waals surface area contributed by atoms with Crippen LogP contribution in [0.3, 0.4) is 0 Å². The first-order valence-electron chi connectivity index (χ1n) is 12.7. The Hall–Kier alpha value is -4.30. The smallest absolute Gasteiger partial charge is 0.257 e. The molecule has 0 aliphatic carbocycles. The summed E-state index contributed by atoms with van der Waals surface area (Å²) in [5.74, 6) is 0.592. The van der Waals surface area contributed by atoms with Gasteiger partial charge < -0.3 is 15.8 Å². The number of amides is 1. The van der Waals surface area contributed by atoms with Gasteiger partial charge in [0.1, 0.15) is 5.75 Å². The van der Waals surface area contributed by atoms with Crippen LogP contribution in [0.5, 0.6) is 5.75 Å². The lowest BCUT2D eigenvalue weighted by Gasteiger charge is -2.04. The Bertz CT molecular complexity index is 1340. The largest absolute Gasteiger partial charge is 0.484 e. The van der Waals surface area contributed by atoms with Crippen LogP contribution in [0.2, 0.25) is 0 Å². The van der Waals surface area contributed by atoms with Gasteiger partial charge in [0.2, 0.25) is 10.0 Å². The number of sulfonamides is 1. The molecule has 0 atom stereocenters. The molecule has 0 aliphatic heterocycles. The van der Waals surface area contributed by atoms with E-state index in [1.54, 1.807) is 19.2 Å². The van der Waals surface area contributed by atoms with Gasteiger partial charge in [-0.1, -0.05) is 89.0 Å². The molecule has 1 amide bonds. The molecule has 4 aromatic rings. The fraction of sp³-hybridized carbons (Fsp3) is 0.219. The summed E-state index contributed by atoms with van der Waals surface area (Å²) in [6, 6.07) is 32.8. The molecule has 0 heterocycles. The number of ether oxygens (including phenoxy) is 1. The molecule has 4 N–H and O–H groups in total. The van der Waals surface area contributed by atoms with E-state index in [0.29, 0.717) is 11.4 Å². The predicted octanol–water partition coefficient (Wildman–Crippen LogP) is 6.06. The lowest BCUT2D eigenvalue weighted by molar-refractivity contribution is -0.122. The summed E-state index contributed by atoms with van der Waals surface area (Å²) in [4.78, 5) is 10.8. The van der Waals surface area contributed by atoms with Crippen LogP contribution in [0.4, 0.5) is 11.4 Å². The van der Waals surface area contributed by atoms with Crippen LogP contribution in [0.15, 0.2) is 103 Å². The van der Waals surface area contributed by atoms with E-state index >= 15 is 0 Å². The first-order chi connectivity index (χ1) is 18.9. The van der Waals surface area contributed by atoms with Gasteiger partial charge in [0, 0.05) is 18.4 Å². The number of aryl methyl sites for hydroxylation is 4. The molecule has 0 radical (unpaired) electrons. The Balaban J connectivity index is 0.000000274. The molecule has 0 spiro atoms. The predicted molar refractivity (Wildman–Crippen MR) is 167 cm³/mol. The molecule has 0 saturated carbocycles. The Morgan fingerprint density at radius 2 is 1.12 bits per heavy atom. The first kappa shape index (κ1) is 33.7. The van der Waals surface area contributed by atoms with Gasteiger partial charge in [-0.2, -0.15) is 0 Å². The maximum absolute atomic E-state index is 10.8. The maximum Gasteiger partial charge on any atom is 0.257 e. The van der Waals surface area contributed by atoms with E-state index in [4.69, 9.17) is 10.5 Å². The van der Waals surface area contributed by atoms with Crippen LogP contribution in [-0.2, 0) is 14.8 Å². The number of nitrogens with two attached hydrogens (primary N) is 1. The van der Waals surface area contributed by atoms with E-state index in [-0.39, 0.29) is 12.5 Å². The Kier molecular flexibility index (Phi) is 15.2. The molecule has 8 heteroatoms. The SMILES string of the molecule is CNC(=O)COc1ccc(C)cc1.Cc1ccc(N)cc1.Cc1ccc(NS(C)(=O)=O)cc1.Cc1ccccc1. The number of likely N-dealkylation sites (N-methyl/N-ethyl adjacent to an activating group) is 1. The summed E-state index contributed by atoms with van der Waals surface area (Å²) in [5, 5.41) is 2.48. The van der Waals surface area contributed by atoms with E-state index in [9.17, 15) is 13.2 Å². The van der Waals surface area contributed by atoms with Gasteiger partial charge in [-0.15, -0.1) is 0 Å². The van der Waals surface area contributed by atoms with Gasteiger partial charge >= 0.3 is 0 Å². The summed E-state index contributed by atoms with van der Waals surface area (Å²) in [6.07, 6.45) is 1.13. The molecule has 0 saturated heterocycles. The highest BCUT2D eigenvalue weighted by Gasteiger charge is 2.00. The molecule has 7 nitrogen and oxygen atoms in total. The van der Waals surface area contributed by atoms with Crippen LogP contribution >= 0.6 is 0 Å². The summed E-state index contributed by atoms with van der Waals surface area (Å²) in [5.41, 5.74) is 11.7. The Morgan fingerprint density at radius 3 is 1.50 bits per heavy atom. The average Bonchev–Trinajstić information content (AvgIpc) is 2.92. The highest BCUT2D eigenvalue weighted by atomic mass is 32.2. The van der Waals surface area contributed by atoms with Crippen molar-refractivity contribution in [2.75, 3.05) is 30.4 Å². The van der Waals surface area contributed by atoms with E-state index in [2.05, 4.69) is 29.1 Å². The highest BCUT2D eigenvalue weighted by Crippen LogP contribution is 2.11. The third kappa shape index (κ3) is 17.3. The number of nitrogen functional groups attached to an aromatic ring is 1. The average molecular weight is 564 g/mol. The van der Waals surface area contributed by atoms with Crippen molar-refractivity contribution >= 4 is 27.3 Å². The normalized spacial score (nSPS) is 9.75. The zero-order chi connectivity index (χ0) is 30.0. The van der Waals surface area contributed by atoms with Crippen molar-refractivity contribution in [2.45, 2.75) is 27.7 Å². The highest BCUT2D eigenvalue weighted by molar-refractivity contribution is 7.92. The topological polar surface area (TPSA) is 111 Å². The van der Waals surface area contributed by atoms with Gasteiger partial charge in [0.05, 0.1) is 6.26 Å². The fourth-order valence-electron chi connectivity index (χ4n) is 2.79. The molecular formula is C32H41N3O4S. The monoisotopic (exact) mass is 563 g/mol. The molecular weight excluding hydrogens is 522 g/mol. The number of hydrogen-bond acceptors (Lipinski definition) is 5. The molecule has 0 fully saturated rings. The van der Waals surface area contributed by atoms with Gasteiger partial charge in [0.25, 0.3) is 5.91 Å². The summed E-state index contributed by atoms with van der Waals surface area (Å²) in [6.45, 7) is 8.14. The summed E-state index contributed by atoms with van der Waals surface area (Å²) >= 11 is 0. The van der Waals surface area contributed by atoms with Crippen molar-refractivity contribution in [1.82, 2.24) is 5.32 Å².